The molecule has 0 aromatic carbocycles. The fraction of sp³-hybridized carbons (Fsp3) is 0.571. The summed E-state index contributed by atoms with van der Waals surface area (Å²) in [6, 6.07) is 3.22. The standard InChI is InChI=1S/C14H23ClN4O/c1-2-3-4-5-6-7-10-17-14(20)13-11(15)8-9-12(18-13)19-16/h8-9H,2-7,10,16H2,1H3,(H,17,20)(H,18,19). The number of nitrogen functional groups attached to an aromatic ring is 1. The molecule has 0 aliphatic rings. The van der Waals surface area contributed by atoms with Crippen molar-refractivity contribution in [1.29, 1.82) is 0 Å². The Labute approximate surface area is 125 Å². The first-order chi connectivity index (χ1) is 9.69. The molecule has 1 aromatic rings. The van der Waals surface area contributed by atoms with Crippen molar-refractivity contribution in [3.8, 4) is 0 Å². The molecule has 0 unspecified atom stereocenters. The van der Waals surface area contributed by atoms with Crippen molar-refractivity contribution in [2.75, 3.05) is 12.0 Å². The fourth-order valence-electron chi connectivity index (χ4n) is 1.87. The Bertz CT molecular complexity index is 426. The molecule has 5 nitrogen and oxygen atoms in total. The van der Waals surface area contributed by atoms with Crippen molar-refractivity contribution < 1.29 is 4.79 Å². The summed E-state index contributed by atoms with van der Waals surface area (Å²) >= 11 is 5.95. The Hall–Kier alpha value is -1.33. The second-order valence-electron chi connectivity index (χ2n) is 4.69. The molecule has 0 bridgehead atoms. The van der Waals surface area contributed by atoms with Gasteiger partial charge in [-0.25, -0.2) is 10.8 Å². The Morgan fingerprint density at radius 3 is 2.65 bits per heavy atom. The number of nitrogens with zero attached hydrogens (tertiary/aromatic N) is 1. The number of hydrazine groups is 1. The number of nitrogens with two attached hydrogens (primary N) is 1. The number of carbonyl (C=O) groups is 1. The van der Waals surface area contributed by atoms with Crippen LogP contribution in [0.1, 0.15) is 55.9 Å². The topological polar surface area (TPSA) is 80.0 Å². The van der Waals surface area contributed by atoms with Gasteiger partial charge in [0, 0.05) is 6.54 Å². The minimum atomic E-state index is -0.263. The fourth-order valence-corrected chi connectivity index (χ4v) is 2.06. The number of anilines is 1. The number of nitrogens with one attached hydrogen (secondary N) is 2. The largest absolute Gasteiger partial charge is 0.351 e. The molecular formula is C14H23ClN4O. The lowest BCUT2D eigenvalue weighted by Crippen LogP contribution is -2.26. The number of rotatable bonds is 9. The third-order valence-electron chi connectivity index (χ3n) is 3.02. The Balaban J connectivity index is 2.32. The summed E-state index contributed by atoms with van der Waals surface area (Å²) in [6.07, 6.45) is 7.11. The van der Waals surface area contributed by atoms with Crippen LogP contribution < -0.4 is 16.6 Å². The second-order valence-corrected chi connectivity index (χ2v) is 5.10. The summed E-state index contributed by atoms with van der Waals surface area (Å²) in [6.45, 7) is 2.84. The normalized spacial score (nSPS) is 10.3. The van der Waals surface area contributed by atoms with Gasteiger partial charge in [-0.3, -0.25) is 4.79 Å². The van der Waals surface area contributed by atoms with Crippen LogP contribution in [0.3, 0.4) is 0 Å². The number of hydrogen-bond donors (Lipinski definition) is 3. The van der Waals surface area contributed by atoms with E-state index in [1.165, 1.54) is 25.7 Å². The third-order valence-corrected chi connectivity index (χ3v) is 3.33. The summed E-state index contributed by atoms with van der Waals surface area (Å²) in [5, 5.41) is 3.15. The van der Waals surface area contributed by atoms with Gasteiger partial charge in [0.2, 0.25) is 0 Å². The first-order valence-electron chi connectivity index (χ1n) is 7.10. The number of unbranched alkanes of at least 4 members (excludes halogenated alkanes) is 5. The van der Waals surface area contributed by atoms with Crippen LogP contribution in [0.2, 0.25) is 5.02 Å². The van der Waals surface area contributed by atoms with Gasteiger partial charge in [-0.1, -0.05) is 50.6 Å². The number of amides is 1. The van der Waals surface area contributed by atoms with Crippen LogP contribution >= 0.6 is 11.6 Å². The molecule has 6 heteroatoms. The average Bonchev–Trinajstić information content (AvgIpc) is 2.46. The van der Waals surface area contributed by atoms with Gasteiger partial charge < -0.3 is 10.7 Å². The number of pyridine rings is 1. The molecule has 0 saturated carbocycles. The molecule has 0 aliphatic carbocycles. The molecule has 0 saturated heterocycles. The van der Waals surface area contributed by atoms with Gasteiger partial charge in [-0.15, -0.1) is 0 Å². The van der Waals surface area contributed by atoms with E-state index in [4.69, 9.17) is 17.4 Å². The smallest absolute Gasteiger partial charge is 0.271 e. The van der Waals surface area contributed by atoms with E-state index >= 15 is 0 Å². The maximum absolute atomic E-state index is 11.9. The van der Waals surface area contributed by atoms with Crippen LogP contribution in [0.5, 0.6) is 0 Å². The quantitative estimate of drug-likeness (QED) is 0.372. The molecule has 1 amide bonds. The Kier molecular flexibility index (Phi) is 7.99. The lowest BCUT2D eigenvalue weighted by molar-refractivity contribution is 0.0948. The molecule has 4 N–H and O–H groups in total. The summed E-state index contributed by atoms with van der Waals surface area (Å²) in [5.74, 6) is 5.41. The summed E-state index contributed by atoms with van der Waals surface area (Å²) in [5.41, 5.74) is 2.60. The Morgan fingerprint density at radius 2 is 1.95 bits per heavy atom. The first kappa shape index (κ1) is 16.7. The zero-order valence-corrected chi connectivity index (χ0v) is 12.7. The van der Waals surface area contributed by atoms with Crippen LogP contribution in [-0.2, 0) is 0 Å². The molecule has 0 fully saturated rings. The van der Waals surface area contributed by atoms with Gasteiger partial charge in [-0.05, 0) is 18.6 Å². The van der Waals surface area contributed by atoms with Crippen molar-refractivity contribution in [3.05, 3.63) is 22.8 Å². The van der Waals surface area contributed by atoms with Crippen LogP contribution in [0, 0.1) is 0 Å². The first-order valence-corrected chi connectivity index (χ1v) is 7.48. The summed E-state index contributed by atoms with van der Waals surface area (Å²) in [4.78, 5) is 16.0. The van der Waals surface area contributed by atoms with E-state index in [2.05, 4.69) is 22.7 Å². The van der Waals surface area contributed by atoms with E-state index < -0.39 is 0 Å². The van der Waals surface area contributed by atoms with E-state index in [-0.39, 0.29) is 11.6 Å². The predicted molar refractivity (Wildman–Crippen MR) is 82.8 cm³/mol. The highest BCUT2D eigenvalue weighted by atomic mass is 35.5. The van der Waals surface area contributed by atoms with Crippen molar-refractivity contribution in [2.24, 2.45) is 5.84 Å². The zero-order chi connectivity index (χ0) is 14.8. The predicted octanol–water partition coefficient (Wildman–Crippen LogP) is 3.11. The molecule has 0 aliphatic heterocycles. The van der Waals surface area contributed by atoms with E-state index in [1.807, 2.05) is 0 Å². The van der Waals surface area contributed by atoms with Gasteiger partial charge in [0.05, 0.1) is 5.02 Å². The Morgan fingerprint density at radius 1 is 1.25 bits per heavy atom. The van der Waals surface area contributed by atoms with Gasteiger partial charge in [0.1, 0.15) is 11.5 Å². The maximum Gasteiger partial charge on any atom is 0.271 e. The lowest BCUT2D eigenvalue weighted by Gasteiger charge is -2.07. The number of halogens is 1. The van der Waals surface area contributed by atoms with Gasteiger partial charge >= 0.3 is 0 Å². The van der Waals surface area contributed by atoms with Crippen molar-refractivity contribution in [2.45, 2.75) is 45.4 Å². The molecule has 1 rings (SSSR count). The van der Waals surface area contributed by atoms with Crippen LogP contribution in [0.4, 0.5) is 5.82 Å². The minimum absolute atomic E-state index is 0.202. The van der Waals surface area contributed by atoms with Gasteiger partial charge in [-0.2, -0.15) is 0 Å². The monoisotopic (exact) mass is 298 g/mol. The summed E-state index contributed by atoms with van der Waals surface area (Å²) < 4.78 is 0. The highest BCUT2D eigenvalue weighted by Crippen LogP contribution is 2.16. The lowest BCUT2D eigenvalue weighted by atomic mass is 10.1. The highest BCUT2D eigenvalue weighted by molar-refractivity contribution is 6.33. The average molecular weight is 299 g/mol. The molecule has 0 atom stereocenters. The summed E-state index contributed by atoms with van der Waals surface area (Å²) in [7, 11) is 0. The molecule has 112 valence electrons. The van der Waals surface area contributed by atoms with Crippen molar-refractivity contribution >= 4 is 23.3 Å². The minimum Gasteiger partial charge on any atom is -0.351 e. The van der Waals surface area contributed by atoms with E-state index in [9.17, 15) is 4.79 Å². The molecular weight excluding hydrogens is 276 g/mol. The number of carbonyl (C=O) groups excluding carboxylic acids is 1. The molecule has 20 heavy (non-hydrogen) atoms. The highest BCUT2D eigenvalue weighted by Gasteiger charge is 2.12. The molecule has 0 radical (unpaired) electrons. The molecule has 1 heterocycles. The number of hydrogen-bond acceptors (Lipinski definition) is 4. The zero-order valence-electron chi connectivity index (χ0n) is 11.9. The SMILES string of the molecule is CCCCCCCCNC(=O)c1nc(NN)ccc1Cl. The third kappa shape index (κ3) is 5.75. The molecule has 0 spiro atoms. The van der Waals surface area contributed by atoms with Gasteiger partial charge in [0.15, 0.2) is 0 Å². The molecule has 1 aromatic heterocycles. The maximum atomic E-state index is 11.9. The number of aromatic nitrogens is 1. The van der Waals surface area contributed by atoms with Crippen molar-refractivity contribution in [3.63, 3.8) is 0 Å². The van der Waals surface area contributed by atoms with Crippen molar-refractivity contribution in [1.82, 2.24) is 10.3 Å². The van der Waals surface area contributed by atoms with Crippen LogP contribution in [-0.4, -0.2) is 17.4 Å². The van der Waals surface area contributed by atoms with E-state index in [1.54, 1.807) is 12.1 Å². The van der Waals surface area contributed by atoms with Gasteiger partial charge in [0.25, 0.3) is 5.91 Å². The van der Waals surface area contributed by atoms with Crippen LogP contribution in [0.15, 0.2) is 12.1 Å². The second kappa shape index (κ2) is 9.55. The van der Waals surface area contributed by atoms with Crippen LogP contribution in [0.25, 0.3) is 0 Å². The van der Waals surface area contributed by atoms with E-state index in [0.29, 0.717) is 17.4 Å². The van der Waals surface area contributed by atoms with E-state index in [0.717, 1.165) is 12.8 Å².